The summed E-state index contributed by atoms with van der Waals surface area (Å²) in [4.78, 5) is 26.1. The second-order valence-corrected chi connectivity index (χ2v) is 7.15. The Morgan fingerprint density at radius 2 is 1.65 bits per heavy atom. The molecule has 1 fully saturated rings. The molecular formula is C21H23ClN2O2. The smallest absolute Gasteiger partial charge is 0.223 e. The lowest BCUT2D eigenvalue weighted by molar-refractivity contribution is -0.135. The molecule has 0 bridgehead atoms. The van der Waals surface area contributed by atoms with Crippen LogP contribution >= 0.6 is 11.6 Å². The first-order valence-electron chi connectivity index (χ1n) is 8.92. The van der Waals surface area contributed by atoms with Gasteiger partial charge < -0.3 is 10.6 Å². The minimum Gasteiger partial charge on any atom is -0.369 e. The van der Waals surface area contributed by atoms with Gasteiger partial charge in [-0.1, -0.05) is 60.1 Å². The van der Waals surface area contributed by atoms with Crippen LogP contribution in [-0.2, 0) is 9.59 Å². The van der Waals surface area contributed by atoms with Crippen LogP contribution in [0, 0.1) is 5.92 Å². The molecular weight excluding hydrogens is 348 g/mol. The van der Waals surface area contributed by atoms with Crippen LogP contribution in [0.1, 0.15) is 36.3 Å². The van der Waals surface area contributed by atoms with Crippen molar-refractivity contribution in [2.45, 2.75) is 25.2 Å². The number of carbonyl (C=O) groups is 2. The molecule has 1 aliphatic rings. The fourth-order valence-electron chi connectivity index (χ4n) is 3.57. The van der Waals surface area contributed by atoms with Crippen molar-refractivity contribution >= 4 is 23.4 Å². The van der Waals surface area contributed by atoms with E-state index in [0.717, 1.165) is 11.1 Å². The molecule has 0 aromatic heterocycles. The molecule has 1 heterocycles. The minimum absolute atomic E-state index is 0.0849. The molecule has 0 saturated carbocycles. The summed E-state index contributed by atoms with van der Waals surface area (Å²) >= 11 is 6.42. The van der Waals surface area contributed by atoms with Crippen molar-refractivity contribution in [1.82, 2.24) is 4.90 Å². The van der Waals surface area contributed by atoms with E-state index in [9.17, 15) is 9.59 Å². The summed E-state index contributed by atoms with van der Waals surface area (Å²) in [6.45, 7) is 1.16. The Bertz CT molecular complexity index is 771. The zero-order valence-corrected chi connectivity index (χ0v) is 15.4. The number of carbonyl (C=O) groups excluding carboxylic acids is 2. The summed E-state index contributed by atoms with van der Waals surface area (Å²) in [7, 11) is 0. The van der Waals surface area contributed by atoms with Gasteiger partial charge in [0.2, 0.25) is 11.8 Å². The number of primary amides is 1. The summed E-state index contributed by atoms with van der Waals surface area (Å²) in [6.07, 6.45) is 1.64. The summed E-state index contributed by atoms with van der Waals surface area (Å²) < 4.78 is 0. The second kappa shape index (κ2) is 8.37. The van der Waals surface area contributed by atoms with Gasteiger partial charge in [0.15, 0.2) is 0 Å². The molecule has 136 valence electrons. The van der Waals surface area contributed by atoms with E-state index in [1.54, 1.807) is 0 Å². The number of benzene rings is 2. The van der Waals surface area contributed by atoms with E-state index < -0.39 is 0 Å². The van der Waals surface area contributed by atoms with E-state index in [-0.39, 0.29) is 23.7 Å². The standard InChI is InChI=1S/C21H23ClN2O2/c22-19-9-5-4-8-17(19)18(15-6-2-1-3-7-15)14-20(25)24-12-10-16(11-13-24)21(23)26/h1-9,16,18H,10-14H2,(H2,23,26)/t18-/m1/s1. The average molecular weight is 371 g/mol. The third-order valence-electron chi connectivity index (χ3n) is 5.11. The maximum atomic E-state index is 12.9. The van der Waals surface area contributed by atoms with E-state index in [2.05, 4.69) is 0 Å². The molecule has 2 aromatic carbocycles. The molecule has 4 nitrogen and oxygen atoms in total. The number of piperidine rings is 1. The fraction of sp³-hybridized carbons (Fsp3) is 0.333. The highest BCUT2D eigenvalue weighted by molar-refractivity contribution is 6.31. The third kappa shape index (κ3) is 4.25. The molecule has 0 unspecified atom stereocenters. The summed E-state index contributed by atoms with van der Waals surface area (Å²) in [5.74, 6) is -0.393. The predicted octanol–water partition coefficient (Wildman–Crippen LogP) is 3.59. The highest BCUT2D eigenvalue weighted by Gasteiger charge is 2.28. The van der Waals surface area contributed by atoms with E-state index >= 15 is 0 Å². The highest BCUT2D eigenvalue weighted by Crippen LogP contribution is 2.33. The quantitative estimate of drug-likeness (QED) is 0.874. The van der Waals surface area contributed by atoms with Gasteiger partial charge in [-0.15, -0.1) is 0 Å². The zero-order valence-electron chi connectivity index (χ0n) is 14.6. The van der Waals surface area contributed by atoms with Crippen LogP contribution in [0.4, 0.5) is 0 Å². The molecule has 3 rings (SSSR count). The number of likely N-dealkylation sites (tertiary alicyclic amines) is 1. The molecule has 0 radical (unpaired) electrons. The van der Waals surface area contributed by atoms with Crippen molar-refractivity contribution in [3.63, 3.8) is 0 Å². The van der Waals surface area contributed by atoms with Crippen molar-refractivity contribution in [1.29, 1.82) is 0 Å². The van der Waals surface area contributed by atoms with E-state index in [0.29, 0.717) is 37.4 Å². The average Bonchev–Trinajstić information content (AvgIpc) is 2.67. The van der Waals surface area contributed by atoms with Crippen LogP contribution < -0.4 is 5.73 Å². The Balaban J connectivity index is 1.78. The van der Waals surface area contributed by atoms with Gasteiger partial charge in [-0.2, -0.15) is 0 Å². The molecule has 26 heavy (non-hydrogen) atoms. The van der Waals surface area contributed by atoms with Crippen molar-refractivity contribution in [3.8, 4) is 0 Å². The summed E-state index contributed by atoms with van der Waals surface area (Å²) in [6, 6.07) is 17.6. The Hall–Kier alpha value is -2.33. The largest absolute Gasteiger partial charge is 0.369 e. The van der Waals surface area contributed by atoms with Gasteiger partial charge in [-0.3, -0.25) is 9.59 Å². The Kier molecular flexibility index (Phi) is 5.94. The van der Waals surface area contributed by atoms with E-state index in [1.807, 2.05) is 59.5 Å². The van der Waals surface area contributed by atoms with Crippen LogP contribution in [0.15, 0.2) is 54.6 Å². The predicted molar refractivity (Wildman–Crippen MR) is 103 cm³/mol. The van der Waals surface area contributed by atoms with Crippen LogP contribution in [0.25, 0.3) is 0 Å². The number of nitrogens with zero attached hydrogens (tertiary/aromatic N) is 1. The molecule has 1 saturated heterocycles. The lowest BCUT2D eigenvalue weighted by Crippen LogP contribution is -2.42. The molecule has 5 heteroatoms. The second-order valence-electron chi connectivity index (χ2n) is 6.75. The van der Waals surface area contributed by atoms with Gasteiger partial charge in [0.25, 0.3) is 0 Å². The molecule has 0 spiro atoms. The molecule has 1 atom stereocenters. The van der Waals surface area contributed by atoms with Crippen LogP contribution in [0.2, 0.25) is 5.02 Å². The number of hydrogen-bond acceptors (Lipinski definition) is 2. The Morgan fingerprint density at radius 3 is 2.27 bits per heavy atom. The van der Waals surface area contributed by atoms with Gasteiger partial charge in [0.1, 0.15) is 0 Å². The summed E-state index contributed by atoms with van der Waals surface area (Å²) in [5.41, 5.74) is 7.41. The Labute approximate surface area is 158 Å². The first kappa shape index (κ1) is 18.5. The van der Waals surface area contributed by atoms with Crippen molar-refractivity contribution in [2.24, 2.45) is 11.7 Å². The first-order chi connectivity index (χ1) is 12.6. The maximum Gasteiger partial charge on any atom is 0.223 e. The SMILES string of the molecule is NC(=O)C1CCN(C(=O)C[C@H](c2ccccc2)c2ccccc2Cl)CC1. The summed E-state index contributed by atoms with van der Waals surface area (Å²) in [5, 5.41) is 0.668. The van der Waals surface area contributed by atoms with E-state index in [1.165, 1.54) is 0 Å². The van der Waals surface area contributed by atoms with Crippen LogP contribution in [-0.4, -0.2) is 29.8 Å². The van der Waals surface area contributed by atoms with Crippen LogP contribution in [0.3, 0.4) is 0 Å². The highest BCUT2D eigenvalue weighted by atomic mass is 35.5. The number of nitrogens with two attached hydrogens (primary N) is 1. The zero-order chi connectivity index (χ0) is 18.5. The molecule has 2 N–H and O–H groups in total. The van der Waals surface area contributed by atoms with Crippen LogP contribution in [0.5, 0.6) is 0 Å². The topological polar surface area (TPSA) is 63.4 Å². The van der Waals surface area contributed by atoms with E-state index in [4.69, 9.17) is 17.3 Å². The lowest BCUT2D eigenvalue weighted by atomic mass is 9.87. The van der Waals surface area contributed by atoms with Gasteiger partial charge in [0, 0.05) is 36.4 Å². The third-order valence-corrected chi connectivity index (χ3v) is 5.46. The lowest BCUT2D eigenvalue weighted by Gasteiger charge is -2.32. The molecule has 2 aromatic rings. The molecule has 2 amide bonds. The van der Waals surface area contributed by atoms with Gasteiger partial charge in [0.05, 0.1) is 0 Å². The fourth-order valence-corrected chi connectivity index (χ4v) is 3.83. The monoisotopic (exact) mass is 370 g/mol. The molecule has 0 aliphatic carbocycles. The number of halogens is 1. The maximum absolute atomic E-state index is 12.9. The minimum atomic E-state index is -0.268. The Morgan fingerprint density at radius 1 is 1.04 bits per heavy atom. The number of hydrogen-bond donors (Lipinski definition) is 1. The van der Waals surface area contributed by atoms with Gasteiger partial charge >= 0.3 is 0 Å². The van der Waals surface area contributed by atoms with Crippen molar-refractivity contribution in [3.05, 3.63) is 70.7 Å². The van der Waals surface area contributed by atoms with Gasteiger partial charge in [-0.05, 0) is 30.0 Å². The van der Waals surface area contributed by atoms with Crippen molar-refractivity contribution < 1.29 is 9.59 Å². The molecule has 1 aliphatic heterocycles. The first-order valence-corrected chi connectivity index (χ1v) is 9.30. The number of rotatable bonds is 5. The van der Waals surface area contributed by atoms with Crippen molar-refractivity contribution in [2.75, 3.05) is 13.1 Å². The van der Waals surface area contributed by atoms with Gasteiger partial charge in [-0.25, -0.2) is 0 Å². The number of amides is 2. The normalized spacial score (nSPS) is 16.3.